The van der Waals surface area contributed by atoms with Gasteiger partial charge in [-0.25, -0.2) is 0 Å². The molecule has 0 aromatic carbocycles. The molecule has 0 spiro atoms. The van der Waals surface area contributed by atoms with Gasteiger partial charge in [0, 0.05) is 5.57 Å². The Morgan fingerprint density at radius 2 is 1.55 bits per heavy atom. The predicted molar refractivity (Wildman–Crippen MR) is 100 cm³/mol. The average molecular weight is 456 g/mol. The fraction of sp³-hybridized carbons (Fsp3) is 0.600. The first kappa shape index (κ1) is 26.9. The molecule has 0 saturated carbocycles. The molecule has 2 N–H and O–H groups in total. The smallest absolute Gasteiger partial charge is 0.873 e. The first-order valence-electron chi connectivity index (χ1n) is 9.39. The van der Waals surface area contributed by atoms with E-state index in [0.29, 0.717) is 0 Å². The minimum Gasteiger partial charge on any atom is -0.873 e. The summed E-state index contributed by atoms with van der Waals surface area (Å²) in [5.74, 6) is -2.32. The quantitative estimate of drug-likeness (QED) is 0.435. The fourth-order valence-corrected chi connectivity index (χ4v) is 2.98. The molecule has 0 saturated heterocycles. The number of aliphatic hydroxyl groups excluding tert-OH is 1. The first-order chi connectivity index (χ1) is 13.0. The van der Waals surface area contributed by atoms with Gasteiger partial charge >= 0.3 is 17.1 Å². The molecule has 165 valence electrons. The summed E-state index contributed by atoms with van der Waals surface area (Å²) < 4.78 is 0. The summed E-state index contributed by atoms with van der Waals surface area (Å²) in [4.78, 5) is 37.0. The Bertz CT molecular complexity index is 744. The van der Waals surface area contributed by atoms with Gasteiger partial charge in [0.15, 0.2) is 11.6 Å². The zero-order valence-electron chi connectivity index (χ0n) is 17.5. The van der Waals surface area contributed by atoms with Crippen molar-refractivity contribution in [2.24, 2.45) is 16.8 Å². The van der Waals surface area contributed by atoms with Gasteiger partial charge in [-0.1, -0.05) is 46.3 Å². The van der Waals surface area contributed by atoms with E-state index < -0.39 is 35.4 Å². The van der Waals surface area contributed by atoms with Crippen molar-refractivity contribution in [3.63, 3.8) is 0 Å². The van der Waals surface area contributed by atoms with Gasteiger partial charge in [-0.2, -0.15) is 0 Å². The second kappa shape index (κ2) is 11.2. The molecule has 0 aliphatic carbocycles. The third-order valence-electron chi connectivity index (χ3n) is 5.15. The van der Waals surface area contributed by atoms with Gasteiger partial charge in [-0.3, -0.25) is 19.4 Å². The summed E-state index contributed by atoms with van der Waals surface area (Å²) in [6, 6.07) is -1.03. The minimum absolute atomic E-state index is 0. The van der Waals surface area contributed by atoms with Crippen molar-refractivity contribution in [3.8, 4) is 0 Å². The van der Waals surface area contributed by atoms with Crippen LogP contribution in [0.5, 0.6) is 0 Å². The van der Waals surface area contributed by atoms with Crippen LogP contribution in [-0.2, 0) is 31.5 Å². The van der Waals surface area contributed by atoms with E-state index in [2.05, 4.69) is 10.3 Å². The van der Waals surface area contributed by atoms with E-state index in [1.54, 1.807) is 0 Å². The number of nitrogens with one attached hydrogen (secondary N) is 1. The molecule has 0 aromatic rings. The molecular weight excluding hydrogens is 428 g/mol. The number of nitrogens with zero attached hydrogens (tertiary/aromatic N) is 1. The van der Waals surface area contributed by atoms with Gasteiger partial charge < -0.3 is 20.6 Å². The molecule has 4 unspecified atom stereocenters. The summed E-state index contributed by atoms with van der Waals surface area (Å²) in [6.07, 6.45) is 1.60. The molecule has 0 aromatic heterocycles. The number of carbonyl (C=O) groups excluding carboxylic acids is 3. The molecule has 2 aliphatic heterocycles. The Labute approximate surface area is 181 Å². The molecule has 9 heteroatoms. The molecule has 2 heterocycles. The van der Waals surface area contributed by atoms with Crippen molar-refractivity contribution >= 4 is 23.4 Å². The molecule has 4 atom stereocenters. The van der Waals surface area contributed by atoms with Crippen molar-refractivity contribution < 1.29 is 46.8 Å². The number of Topliss-reactive ketones (excluding diaryl/α,β-unsaturated/α-hetero) is 2. The summed E-state index contributed by atoms with van der Waals surface area (Å²) >= 11 is 0. The Hall–Kier alpha value is -2.12. The van der Waals surface area contributed by atoms with E-state index in [1.165, 1.54) is 13.8 Å². The van der Waals surface area contributed by atoms with Crippen LogP contribution in [0.3, 0.4) is 0 Å². The Morgan fingerprint density at radius 3 is 1.90 bits per heavy atom. The second-order valence-electron chi connectivity index (χ2n) is 7.21. The van der Waals surface area contributed by atoms with Crippen LogP contribution >= 0.6 is 0 Å². The van der Waals surface area contributed by atoms with Crippen molar-refractivity contribution in [2.75, 3.05) is 0 Å². The van der Waals surface area contributed by atoms with Crippen LogP contribution in [0.4, 0.5) is 0 Å². The number of hydrogen-bond acceptors (Lipinski definition) is 7. The maximum atomic E-state index is 11.6. The Morgan fingerprint density at radius 1 is 1.07 bits per heavy atom. The second-order valence-corrected chi connectivity index (χ2v) is 7.21. The van der Waals surface area contributed by atoms with E-state index in [1.807, 2.05) is 27.7 Å². The third-order valence-corrected chi connectivity index (χ3v) is 5.15. The zero-order valence-corrected chi connectivity index (χ0v) is 18.4. The molecule has 1 amide bonds. The standard InChI is InChI=1S/2C10H15NO3.Cu/c2*1-4-5(2)8-9(13)7(6(3)12)10(14)11-8;/h2*5,8,13H,4H2,1-3H3,(H,11,14);/q;;+2/p-2. The van der Waals surface area contributed by atoms with Gasteiger partial charge in [0.25, 0.3) is 5.91 Å². The maximum Gasteiger partial charge on any atom is 2.00 e. The van der Waals surface area contributed by atoms with Crippen LogP contribution in [-0.4, -0.2) is 40.6 Å². The minimum atomic E-state index is -0.646. The van der Waals surface area contributed by atoms with Gasteiger partial charge in [-0.05, 0) is 31.6 Å². The van der Waals surface area contributed by atoms with Crippen molar-refractivity contribution in [3.05, 3.63) is 22.7 Å². The van der Waals surface area contributed by atoms with Gasteiger partial charge in [0.05, 0.1) is 12.1 Å². The number of aliphatic imine (C=N–C) groups is 1. The maximum absolute atomic E-state index is 11.6. The predicted octanol–water partition coefficient (Wildman–Crippen LogP) is 0.306. The largest absolute Gasteiger partial charge is 2.00 e. The normalized spacial score (nSPS) is 22.8. The molecule has 0 bridgehead atoms. The topological polar surface area (TPSA) is 142 Å². The summed E-state index contributed by atoms with van der Waals surface area (Å²) in [7, 11) is 0. The summed E-state index contributed by atoms with van der Waals surface area (Å²) in [6.45, 7) is 10.2. The summed E-state index contributed by atoms with van der Waals surface area (Å²) in [5, 5.41) is 35.1. The van der Waals surface area contributed by atoms with Crippen molar-refractivity contribution in [1.82, 2.24) is 5.32 Å². The van der Waals surface area contributed by atoms with E-state index in [9.17, 15) is 29.7 Å². The number of rotatable bonds is 6. The zero-order chi connectivity index (χ0) is 21.8. The molecule has 8 nitrogen and oxygen atoms in total. The van der Waals surface area contributed by atoms with E-state index in [-0.39, 0.29) is 51.6 Å². The SMILES string of the molecule is CCC(C)C1N=C([O-])C(C(C)=O)=C1[O-].CCC(C)C1NC(=O)C(C(C)=O)=C1O.[Cu+2]. The van der Waals surface area contributed by atoms with E-state index >= 15 is 0 Å². The van der Waals surface area contributed by atoms with Crippen LogP contribution < -0.4 is 15.5 Å². The summed E-state index contributed by atoms with van der Waals surface area (Å²) in [5.41, 5.74) is -0.342. The number of aliphatic hydroxyl groups is 1. The number of amides is 1. The van der Waals surface area contributed by atoms with Crippen molar-refractivity contribution in [1.29, 1.82) is 0 Å². The molecule has 2 rings (SSSR count). The van der Waals surface area contributed by atoms with Gasteiger partial charge in [0.2, 0.25) is 0 Å². The van der Waals surface area contributed by atoms with E-state index in [4.69, 9.17) is 0 Å². The molecular formula is C20H28CuN2O6. The molecule has 0 fully saturated rings. The molecule has 1 radical (unpaired) electrons. The van der Waals surface area contributed by atoms with Crippen LogP contribution in [0.1, 0.15) is 54.4 Å². The fourth-order valence-electron chi connectivity index (χ4n) is 2.98. The van der Waals surface area contributed by atoms with Crippen LogP contribution in [0.25, 0.3) is 0 Å². The van der Waals surface area contributed by atoms with E-state index in [0.717, 1.165) is 12.8 Å². The molecule has 29 heavy (non-hydrogen) atoms. The first-order valence-corrected chi connectivity index (χ1v) is 9.39. The van der Waals surface area contributed by atoms with Gasteiger partial charge in [0.1, 0.15) is 11.3 Å². The Balaban J connectivity index is 0.000000523. The molecule has 2 aliphatic rings. The number of carbonyl (C=O) groups is 3. The number of hydrogen-bond donors (Lipinski definition) is 2. The number of ketones is 2. The third kappa shape index (κ3) is 5.93. The Kier molecular flexibility index (Phi) is 10.3. The van der Waals surface area contributed by atoms with Crippen LogP contribution in [0, 0.1) is 11.8 Å². The monoisotopic (exact) mass is 455 g/mol. The van der Waals surface area contributed by atoms with Crippen molar-refractivity contribution in [2.45, 2.75) is 66.5 Å². The van der Waals surface area contributed by atoms with Gasteiger partial charge in [-0.15, -0.1) is 0 Å². The van der Waals surface area contributed by atoms with Crippen LogP contribution in [0.2, 0.25) is 0 Å². The van der Waals surface area contributed by atoms with Crippen LogP contribution in [0.15, 0.2) is 27.7 Å². The average Bonchev–Trinajstić information content (AvgIpc) is 3.09.